The van der Waals surface area contributed by atoms with Crippen LogP contribution >= 0.6 is 23.4 Å². The Kier molecular flexibility index (Phi) is 6.93. The average molecular weight is 463 g/mol. The zero-order valence-corrected chi connectivity index (χ0v) is 19.4. The van der Waals surface area contributed by atoms with Crippen LogP contribution in [0.3, 0.4) is 0 Å². The van der Waals surface area contributed by atoms with Crippen molar-refractivity contribution in [2.24, 2.45) is 0 Å². The van der Waals surface area contributed by atoms with Gasteiger partial charge in [0.15, 0.2) is 11.0 Å². The number of hydrogen-bond acceptors (Lipinski definition) is 4. The van der Waals surface area contributed by atoms with Gasteiger partial charge in [-0.15, -0.1) is 10.2 Å². The van der Waals surface area contributed by atoms with E-state index >= 15 is 0 Å². The fraction of sp³-hybridized carbons (Fsp3) is 0.160. The van der Waals surface area contributed by atoms with Crippen molar-refractivity contribution in [3.63, 3.8) is 0 Å². The van der Waals surface area contributed by atoms with E-state index in [2.05, 4.69) is 29.4 Å². The highest BCUT2D eigenvalue weighted by Gasteiger charge is 2.17. The van der Waals surface area contributed by atoms with Crippen molar-refractivity contribution in [2.45, 2.75) is 24.9 Å². The Hall–Kier alpha value is -3.09. The maximum absolute atomic E-state index is 12.6. The van der Waals surface area contributed by atoms with Gasteiger partial charge in [-0.1, -0.05) is 79.7 Å². The standard InChI is InChI=1S/C25H23ClN4OS/c1-17(2)18-11-13-21(14-12-18)27-23(31)16-32-25-29-28-24(19-7-6-8-20(26)15-19)30(25)22-9-4-3-5-10-22/h3-15,17H,16H2,1-2H3,(H,27,31). The van der Waals surface area contributed by atoms with E-state index in [1.165, 1.54) is 17.3 Å². The van der Waals surface area contributed by atoms with Crippen molar-refractivity contribution in [2.75, 3.05) is 11.1 Å². The molecule has 0 aliphatic heterocycles. The lowest BCUT2D eigenvalue weighted by Crippen LogP contribution is -2.14. The van der Waals surface area contributed by atoms with E-state index in [1.54, 1.807) is 0 Å². The van der Waals surface area contributed by atoms with E-state index in [0.29, 0.717) is 21.9 Å². The molecule has 0 bridgehead atoms. The number of nitrogens with zero attached hydrogens (tertiary/aromatic N) is 3. The van der Waals surface area contributed by atoms with E-state index in [9.17, 15) is 4.79 Å². The van der Waals surface area contributed by atoms with E-state index < -0.39 is 0 Å². The molecule has 1 heterocycles. The molecule has 0 atom stereocenters. The Morgan fingerprint density at radius 3 is 2.44 bits per heavy atom. The Morgan fingerprint density at radius 2 is 1.75 bits per heavy atom. The topological polar surface area (TPSA) is 59.8 Å². The molecule has 4 rings (SSSR count). The van der Waals surface area contributed by atoms with Crippen LogP contribution in [0.15, 0.2) is 84.0 Å². The molecule has 0 saturated carbocycles. The van der Waals surface area contributed by atoms with Crippen LogP contribution in [-0.2, 0) is 4.79 Å². The molecular formula is C25H23ClN4OS. The Bertz CT molecular complexity index is 1210. The maximum atomic E-state index is 12.6. The number of nitrogens with one attached hydrogen (secondary N) is 1. The fourth-order valence-electron chi connectivity index (χ4n) is 3.27. The van der Waals surface area contributed by atoms with Gasteiger partial charge >= 0.3 is 0 Å². The number of rotatable bonds is 7. The van der Waals surface area contributed by atoms with Crippen LogP contribution in [0, 0.1) is 0 Å². The molecule has 162 valence electrons. The van der Waals surface area contributed by atoms with E-state index in [1.807, 2.05) is 83.4 Å². The van der Waals surface area contributed by atoms with Crippen LogP contribution in [0.4, 0.5) is 5.69 Å². The van der Waals surface area contributed by atoms with Gasteiger partial charge in [0.1, 0.15) is 0 Å². The van der Waals surface area contributed by atoms with Crippen LogP contribution in [0.5, 0.6) is 0 Å². The summed E-state index contributed by atoms with van der Waals surface area (Å²) in [5, 5.41) is 13.0. The summed E-state index contributed by atoms with van der Waals surface area (Å²) in [6, 6.07) is 25.3. The Balaban J connectivity index is 1.54. The lowest BCUT2D eigenvalue weighted by Gasteiger charge is -2.11. The van der Waals surface area contributed by atoms with Gasteiger partial charge in [0.2, 0.25) is 5.91 Å². The molecule has 0 radical (unpaired) electrons. The molecule has 1 aromatic heterocycles. The van der Waals surface area contributed by atoms with Gasteiger partial charge < -0.3 is 5.32 Å². The van der Waals surface area contributed by atoms with Gasteiger partial charge in [0.25, 0.3) is 0 Å². The van der Waals surface area contributed by atoms with Gasteiger partial charge in [0, 0.05) is 22.0 Å². The first-order valence-electron chi connectivity index (χ1n) is 10.3. The van der Waals surface area contributed by atoms with Gasteiger partial charge in [-0.2, -0.15) is 0 Å². The quantitative estimate of drug-likeness (QED) is 0.321. The molecule has 32 heavy (non-hydrogen) atoms. The van der Waals surface area contributed by atoms with Gasteiger partial charge in [0.05, 0.1) is 5.75 Å². The summed E-state index contributed by atoms with van der Waals surface area (Å²) in [5.74, 6) is 1.24. The van der Waals surface area contributed by atoms with Crippen molar-refractivity contribution in [3.05, 3.63) is 89.4 Å². The van der Waals surface area contributed by atoms with Crippen molar-refractivity contribution in [1.29, 1.82) is 0 Å². The van der Waals surface area contributed by atoms with Gasteiger partial charge in [-0.25, -0.2) is 0 Å². The Morgan fingerprint density at radius 1 is 1.00 bits per heavy atom. The van der Waals surface area contributed by atoms with Crippen LogP contribution < -0.4 is 5.32 Å². The minimum absolute atomic E-state index is 0.0979. The summed E-state index contributed by atoms with van der Waals surface area (Å²) in [6.45, 7) is 4.29. The lowest BCUT2D eigenvalue weighted by molar-refractivity contribution is -0.113. The molecular weight excluding hydrogens is 440 g/mol. The minimum Gasteiger partial charge on any atom is -0.325 e. The number of carbonyl (C=O) groups excluding carboxylic acids is 1. The predicted octanol–water partition coefficient (Wildman–Crippen LogP) is 6.44. The van der Waals surface area contributed by atoms with Crippen LogP contribution in [0.1, 0.15) is 25.3 Å². The molecule has 0 unspecified atom stereocenters. The zero-order chi connectivity index (χ0) is 22.5. The SMILES string of the molecule is CC(C)c1ccc(NC(=O)CSc2nnc(-c3cccc(Cl)c3)n2-c2ccccc2)cc1. The molecule has 0 fully saturated rings. The summed E-state index contributed by atoms with van der Waals surface area (Å²) >= 11 is 7.53. The number of anilines is 1. The third kappa shape index (κ3) is 5.21. The fourth-order valence-corrected chi connectivity index (χ4v) is 4.21. The number of amides is 1. The van der Waals surface area contributed by atoms with Crippen LogP contribution in [0.25, 0.3) is 17.1 Å². The zero-order valence-electron chi connectivity index (χ0n) is 17.8. The molecule has 0 saturated heterocycles. The largest absolute Gasteiger partial charge is 0.325 e. The van der Waals surface area contributed by atoms with Gasteiger partial charge in [-0.3, -0.25) is 9.36 Å². The minimum atomic E-state index is -0.0979. The number of para-hydroxylation sites is 1. The molecule has 5 nitrogen and oxygen atoms in total. The van der Waals surface area contributed by atoms with E-state index in [0.717, 1.165) is 16.9 Å². The lowest BCUT2D eigenvalue weighted by atomic mass is 10.0. The number of halogens is 1. The third-order valence-corrected chi connectivity index (χ3v) is 6.09. The molecule has 7 heteroatoms. The summed E-state index contributed by atoms with van der Waals surface area (Å²) in [7, 11) is 0. The molecule has 4 aromatic rings. The summed E-state index contributed by atoms with van der Waals surface area (Å²) < 4.78 is 1.95. The highest BCUT2D eigenvalue weighted by Crippen LogP contribution is 2.29. The second-order valence-corrected chi connectivity index (χ2v) is 8.98. The monoisotopic (exact) mass is 462 g/mol. The second kappa shape index (κ2) is 10.0. The van der Waals surface area contributed by atoms with Crippen molar-refractivity contribution in [3.8, 4) is 17.1 Å². The first-order chi connectivity index (χ1) is 15.5. The molecule has 3 aromatic carbocycles. The number of hydrogen-bond donors (Lipinski definition) is 1. The molecule has 0 spiro atoms. The molecule has 1 amide bonds. The predicted molar refractivity (Wildman–Crippen MR) is 132 cm³/mol. The van der Waals surface area contributed by atoms with Crippen LogP contribution in [-0.4, -0.2) is 26.4 Å². The molecule has 0 aliphatic carbocycles. The van der Waals surface area contributed by atoms with Crippen molar-refractivity contribution >= 4 is 35.0 Å². The Labute approximate surface area is 196 Å². The van der Waals surface area contributed by atoms with Crippen molar-refractivity contribution < 1.29 is 4.79 Å². The maximum Gasteiger partial charge on any atom is 0.234 e. The first kappa shape index (κ1) is 22.1. The average Bonchev–Trinajstić information content (AvgIpc) is 3.23. The number of benzene rings is 3. The third-order valence-electron chi connectivity index (χ3n) is 4.92. The summed E-state index contributed by atoms with van der Waals surface area (Å²) in [5.41, 5.74) is 3.79. The number of thioether (sulfide) groups is 1. The molecule has 1 N–H and O–H groups in total. The molecule has 0 aliphatic rings. The van der Waals surface area contributed by atoms with E-state index in [4.69, 9.17) is 11.6 Å². The van der Waals surface area contributed by atoms with Crippen molar-refractivity contribution in [1.82, 2.24) is 14.8 Å². The summed E-state index contributed by atoms with van der Waals surface area (Å²) in [4.78, 5) is 12.6. The second-order valence-electron chi connectivity index (χ2n) is 7.60. The highest BCUT2D eigenvalue weighted by atomic mass is 35.5. The summed E-state index contributed by atoms with van der Waals surface area (Å²) in [6.07, 6.45) is 0. The van der Waals surface area contributed by atoms with Gasteiger partial charge in [-0.05, 0) is 47.9 Å². The number of carbonyl (C=O) groups is 1. The highest BCUT2D eigenvalue weighted by molar-refractivity contribution is 7.99. The number of aromatic nitrogens is 3. The smallest absolute Gasteiger partial charge is 0.234 e. The van der Waals surface area contributed by atoms with E-state index in [-0.39, 0.29) is 11.7 Å². The normalized spacial score (nSPS) is 11.0. The van der Waals surface area contributed by atoms with Crippen LogP contribution in [0.2, 0.25) is 5.02 Å². The first-order valence-corrected chi connectivity index (χ1v) is 11.7.